The zero-order valence-corrected chi connectivity index (χ0v) is 31.2. The minimum Gasteiger partial charge on any atom is -0.454 e. The van der Waals surface area contributed by atoms with Crippen molar-refractivity contribution in [3.63, 3.8) is 0 Å². The second kappa shape index (κ2) is 13.6. The summed E-state index contributed by atoms with van der Waals surface area (Å²) < 4.78 is 9.09. The predicted molar refractivity (Wildman–Crippen MR) is 236 cm³/mol. The highest BCUT2D eigenvalue weighted by molar-refractivity contribution is 6.21. The van der Waals surface area contributed by atoms with Gasteiger partial charge in [0.05, 0.1) is 22.4 Å². The molecule has 3 aromatic heterocycles. The average Bonchev–Trinajstić information content (AvgIpc) is 3.85. The minimum atomic E-state index is 0.431. The van der Waals surface area contributed by atoms with Gasteiger partial charge >= 0.3 is 0 Å². The van der Waals surface area contributed by atoms with Crippen LogP contribution in [0.2, 0.25) is 0 Å². The first-order valence-electron chi connectivity index (χ1n) is 19.3. The van der Waals surface area contributed by atoms with Crippen molar-refractivity contribution < 1.29 is 4.42 Å². The lowest BCUT2D eigenvalue weighted by molar-refractivity contribution is 0.671. The summed E-state index contributed by atoms with van der Waals surface area (Å²) in [6, 6.07) is 69.0. The molecule has 0 unspecified atom stereocenters. The van der Waals surface area contributed by atoms with Crippen LogP contribution in [-0.4, -0.2) is 14.5 Å². The number of furan rings is 1. The molecule has 0 aliphatic heterocycles. The number of benzene rings is 8. The maximum absolute atomic E-state index is 10.7. The Hall–Kier alpha value is -8.07. The van der Waals surface area contributed by atoms with Gasteiger partial charge in [-0.3, -0.25) is 0 Å². The van der Waals surface area contributed by atoms with Crippen LogP contribution in [0.5, 0.6) is 0 Å². The zero-order valence-electron chi connectivity index (χ0n) is 31.2. The van der Waals surface area contributed by atoms with Crippen LogP contribution >= 0.6 is 0 Å². The number of aromatic nitrogens is 3. The van der Waals surface area contributed by atoms with Crippen molar-refractivity contribution in [1.82, 2.24) is 14.5 Å². The van der Waals surface area contributed by atoms with Gasteiger partial charge in [0, 0.05) is 43.9 Å². The SMILES string of the molecule is N#Cc1c(-c2ccccc2)nc(-c2c(-c3ccccc3)cc(-n3c4ccccc4c4ccc5c6ccccc6oc5c43)cc2-c2ccccc2)nc1-c1ccccc1. The van der Waals surface area contributed by atoms with Crippen molar-refractivity contribution in [2.45, 2.75) is 0 Å². The first-order chi connectivity index (χ1) is 28.7. The lowest BCUT2D eigenvalue weighted by atomic mass is 9.89. The molecule has 0 aliphatic carbocycles. The van der Waals surface area contributed by atoms with E-state index in [2.05, 4.69) is 120 Å². The maximum atomic E-state index is 10.7. The summed E-state index contributed by atoms with van der Waals surface area (Å²) in [6.07, 6.45) is 0. The quantitative estimate of drug-likeness (QED) is 0.170. The molecule has 0 amide bonds. The van der Waals surface area contributed by atoms with E-state index in [4.69, 9.17) is 14.4 Å². The Bertz CT molecular complexity index is 3260. The van der Waals surface area contributed by atoms with Gasteiger partial charge in [0.25, 0.3) is 0 Å². The fourth-order valence-electron chi connectivity index (χ4n) is 8.47. The topological polar surface area (TPSA) is 67.6 Å². The fraction of sp³-hybridized carbons (Fsp3) is 0. The molecule has 11 aromatic rings. The van der Waals surface area contributed by atoms with Crippen LogP contribution in [0.3, 0.4) is 0 Å². The third kappa shape index (κ3) is 5.31. The van der Waals surface area contributed by atoms with Crippen molar-refractivity contribution in [1.29, 1.82) is 5.26 Å². The van der Waals surface area contributed by atoms with Gasteiger partial charge in [-0.05, 0) is 52.6 Å². The van der Waals surface area contributed by atoms with Gasteiger partial charge in [0.2, 0.25) is 0 Å². The Morgan fingerprint density at radius 2 is 0.948 bits per heavy atom. The molecule has 3 heterocycles. The number of hydrogen-bond donors (Lipinski definition) is 0. The summed E-state index contributed by atoms with van der Waals surface area (Å²) in [4.78, 5) is 10.7. The summed E-state index contributed by atoms with van der Waals surface area (Å²) in [5.74, 6) is 0.530. The largest absolute Gasteiger partial charge is 0.454 e. The van der Waals surface area contributed by atoms with Crippen molar-refractivity contribution in [3.05, 3.63) is 200 Å². The highest BCUT2D eigenvalue weighted by atomic mass is 16.3. The molecule has 0 saturated carbocycles. The molecular formula is C53H32N4O. The lowest BCUT2D eigenvalue weighted by Gasteiger charge is -2.20. The standard InChI is InChI=1S/C53H32N4O/c54-33-45-49(36-21-9-3-10-22-36)55-53(56-50(45)37-23-11-4-12-24-37)48-43(34-17-5-1-6-18-34)31-38(32-44(48)35-19-7-2-8-20-35)57-46-27-15-13-25-39(46)41-29-30-42-40-26-14-16-28-47(40)58-52(42)51(41)57/h1-32H. The molecule has 0 bridgehead atoms. The highest BCUT2D eigenvalue weighted by Gasteiger charge is 2.26. The third-order valence-corrected chi connectivity index (χ3v) is 11.1. The van der Waals surface area contributed by atoms with E-state index < -0.39 is 0 Å². The first kappa shape index (κ1) is 33.3. The Morgan fingerprint density at radius 3 is 1.52 bits per heavy atom. The van der Waals surface area contributed by atoms with E-state index in [-0.39, 0.29) is 0 Å². The van der Waals surface area contributed by atoms with Gasteiger partial charge in [0.15, 0.2) is 11.4 Å². The van der Waals surface area contributed by atoms with E-state index >= 15 is 0 Å². The summed E-state index contributed by atoms with van der Waals surface area (Å²) in [5, 5.41) is 15.2. The van der Waals surface area contributed by atoms with E-state index in [1.54, 1.807) is 0 Å². The molecule has 5 heteroatoms. The normalized spacial score (nSPS) is 11.4. The summed E-state index contributed by atoms with van der Waals surface area (Å²) in [5.41, 5.74) is 12.9. The van der Waals surface area contributed by atoms with Gasteiger partial charge in [-0.2, -0.15) is 5.26 Å². The van der Waals surface area contributed by atoms with Crippen LogP contribution in [-0.2, 0) is 0 Å². The molecule has 0 aliphatic rings. The Balaban J connectivity index is 1.30. The number of nitriles is 1. The molecule has 11 rings (SSSR count). The molecule has 0 N–H and O–H groups in total. The molecule has 0 spiro atoms. The molecule has 0 saturated heterocycles. The number of rotatable bonds is 6. The summed E-state index contributed by atoms with van der Waals surface area (Å²) in [7, 11) is 0. The number of nitrogens with zero attached hydrogens (tertiary/aromatic N) is 4. The monoisotopic (exact) mass is 740 g/mol. The van der Waals surface area contributed by atoms with Crippen LogP contribution in [0.15, 0.2) is 199 Å². The fourth-order valence-corrected chi connectivity index (χ4v) is 8.47. The van der Waals surface area contributed by atoms with E-state index in [9.17, 15) is 5.26 Å². The second-order valence-electron chi connectivity index (χ2n) is 14.4. The zero-order chi connectivity index (χ0) is 38.6. The van der Waals surface area contributed by atoms with Crippen LogP contribution < -0.4 is 0 Å². The Kier molecular flexibility index (Phi) is 7.80. The van der Waals surface area contributed by atoms with Crippen molar-refractivity contribution in [2.75, 3.05) is 0 Å². The van der Waals surface area contributed by atoms with Crippen molar-refractivity contribution >= 4 is 43.7 Å². The summed E-state index contributed by atoms with van der Waals surface area (Å²) >= 11 is 0. The van der Waals surface area contributed by atoms with Gasteiger partial charge < -0.3 is 8.98 Å². The Labute approximate surface area is 334 Å². The smallest absolute Gasteiger partial charge is 0.161 e. The summed E-state index contributed by atoms with van der Waals surface area (Å²) in [6.45, 7) is 0. The molecule has 0 atom stereocenters. The van der Waals surface area contributed by atoms with Gasteiger partial charge in [0.1, 0.15) is 17.2 Å². The van der Waals surface area contributed by atoms with E-state index in [0.29, 0.717) is 22.8 Å². The molecule has 0 radical (unpaired) electrons. The van der Waals surface area contributed by atoms with Gasteiger partial charge in [-0.25, -0.2) is 9.97 Å². The number of para-hydroxylation sites is 2. The second-order valence-corrected chi connectivity index (χ2v) is 14.4. The van der Waals surface area contributed by atoms with Crippen LogP contribution in [0, 0.1) is 11.3 Å². The number of hydrogen-bond acceptors (Lipinski definition) is 4. The lowest BCUT2D eigenvalue weighted by Crippen LogP contribution is -2.04. The Morgan fingerprint density at radius 1 is 0.466 bits per heavy atom. The van der Waals surface area contributed by atoms with Crippen molar-refractivity contribution in [3.8, 4) is 67.9 Å². The van der Waals surface area contributed by atoms with Crippen LogP contribution in [0.1, 0.15) is 5.56 Å². The predicted octanol–water partition coefficient (Wildman–Crippen LogP) is 13.7. The van der Waals surface area contributed by atoms with E-state index in [1.165, 1.54) is 0 Å². The highest BCUT2D eigenvalue weighted by Crippen LogP contribution is 2.46. The van der Waals surface area contributed by atoms with E-state index in [1.807, 2.05) is 84.9 Å². The molecule has 8 aromatic carbocycles. The molecule has 270 valence electrons. The average molecular weight is 741 g/mol. The minimum absolute atomic E-state index is 0.431. The number of fused-ring (bicyclic) bond motifs is 7. The first-order valence-corrected chi connectivity index (χ1v) is 19.3. The van der Waals surface area contributed by atoms with Crippen LogP contribution in [0.25, 0.3) is 106 Å². The molecule has 0 fully saturated rings. The van der Waals surface area contributed by atoms with Crippen molar-refractivity contribution in [2.24, 2.45) is 0 Å². The molecule has 58 heavy (non-hydrogen) atoms. The van der Waals surface area contributed by atoms with E-state index in [0.717, 1.165) is 88.4 Å². The van der Waals surface area contributed by atoms with Crippen LogP contribution in [0.4, 0.5) is 0 Å². The third-order valence-electron chi connectivity index (χ3n) is 11.1. The van der Waals surface area contributed by atoms with Gasteiger partial charge in [-0.15, -0.1) is 0 Å². The molecule has 5 nitrogen and oxygen atoms in total. The van der Waals surface area contributed by atoms with Gasteiger partial charge in [-0.1, -0.05) is 164 Å². The maximum Gasteiger partial charge on any atom is 0.161 e. The molecular weight excluding hydrogens is 709 g/mol.